The summed E-state index contributed by atoms with van der Waals surface area (Å²) in [6.45, 7) is 2.55. The van der Waals surface area contributed by atoms with Crippen molar-refractivity contribution in [3.8, 4) is 0 Å². The fourth-order valence-electron chi connectivity index (χ4n) is 0.749. The lowest BCUT2D eigenvalue weighted by molar-refractivity contribution is -0.112. The smallest absolute Gasteiger partial charge is 0.205 e. The van der Waals surface area contributed by atoms with E-state index >= 15 is 0 Å². The average molecular weight is 176 g/mol. The highest BCUT2D eigenvalue weighted by Gasteiger charge is 2.12. The highest BCUT2D eigenvalue weighted by molar-refractivity contribution is 8.13. The van der Waals surface area contributed by atoms with Gasteiger partial charge in [0, 0.05) is 12.3 Å². The molecule has 1 unspecified atom stereocenters. The molecule has 0 aliphatic heterocycles. The normalized spacial score (nSPS) is 13.0. The molecule has 3 nitrogen and oxygen atoms in total. The van der Waals surface area contributed by atoms with E-state index in [1.54, 1.807) is 7.05 Å². The standard InChI is InChI=1S/C7H16N2OS/c1-3-6(9-2)7(10)11-5-4-8/h6,9H,3-5,8H2,1-2H3. The first-order chi connectivity index (χ1) is 5.26. The Balaban J connectivity index is 3.61. The number of nitrogens with two attached hydrogens (primary N) is 1. The summed E-state index contributed by atoms with van der Waals surface area (Å²) in [5.74, 6) is 0.719. The summed E-state index contributed by atoms with van der Waals surface area (Å²) in [5, 5.41) is 3.14. The van der Waals surface area contributed by atoms with Crippen molar-refractivity contribution in [3.05, 3.63) is 0 Å². The number of likely N-dealkylation sites (N-methyl/N-ethyl adjacent to an activating group) is 1. The molecular weight excluding hydrogens is 160 g/mol. The highest BCUT2D eigenvalue weighted by Crippen LogP contribution is 2.06. The van der Waals surface area contributed by atoms with E-state index in [1.165, 1.54) is 11.8 Å². The maximum atomic E-state index is 11.2. The van der Waals surface area contributed by atoms with Gasteiger partial charge in [-0.3, -0.25) is 4.79 Å². The van der Waals surface area contributed by atoms with Crippen molar-refractivity contribution in [2.45, 2.75) is 19.4 Å². The topological polar surface area (TPSA) is 55.1 Å². The van der Waals surface area contributed by atoms with Crippen LogP contribution in [0.25, 0.3) is 0 Å². The molecule has 4 heteroatoms. The van der Waals surface area contributed by atoms with Gasteiger partial charge in [0.15, 0.2) is 0 Å². The molecule has 0 fully saturated rings. The van der Waals surface area contributed by atoms with Crippen molar-refractivity contribution >= 4 is 16.9 Å². The molecule has 3 N–H and O–H groups in total. The Kier molecular flexibility index (Phi) is 6.60. The van der Waals surface area contributed by atoms with E-state index in [9.17, 15) is 4.79 Å². The minimum absolute atomic E-state index is 0.00782. The predicted octanol–water partition coefficient (Wildman–Crippen LogP) is 0.203. The van der Waals surface area contributed by atoms with Gasteiger partial charge in [0.25, 0.3) is 0 Å². The Morgan fingerprint density at radius 1 is 1.73 bits per heavy atom. The number of hydrogen-bond donors (Lipinski definition) is 2. The van der Waals surface area contributed by atoms with Crippen LogP contribution in [0.15, 0.2) is 0 Å². The lowest BCUT2D eigenvalue weighted by Gasteiger charge is -2.10. The minimum atomic E-state index is -0.00782. The summed E-state index contributed by atoms with van der Waals surface area (Å²) >= 11 is 1.31. The second kappa shape index (κ2) is 6.64. The van der Waals surface area contributed by atoms with Gasteiger partial charge in [0.2, 0.25) is 5.12 Å². The third-order valence-electron chi connectivity index (χ3n) is 1.40. The van der Waals surface area contributed by atoms with Gasteiger partial charge in [-0.25, -0.2) is 0 Å². The van der Waals surface area contributed by atoms with Crippen LogP contribution in [0.5, 0.6) is 0 Å². The van der Waals surface area contributed by atoms with E-state index < -0.39 is 0 Å². The Hall–Kier alpha value is -0.0600. The molecule has 0 amide bonds. The van der Waals surface area contributed by atoms with Crippen LogP contribution < -0.4 is 11.1 Å². The fourth-order valence-corrected chi connectivity index (χ4v) is 1.55. The summed E-state index contributed by atoms with van der Waals surface area (Å²) in [6.07, 6.45) is 0.840. The molecule has 66 valence electrons. The molecule has 1 atom stereocenters. The molecule has 0 heterocycles. The van der Waals surface area contributed by atoms with E-state index in [2.05, 4.69) is 5.32 Å². The minimum Gasteiger partial charge on any atom is -0.330 e. The third-order valence-corrected chi connectivity index (χ3v) is 2.41. The van der Waals surface area contributed by atoms with Crippen LogP contribution in [0.4, 0.5) is 0 Å². The van der Waals surface area contributed by atoms with Crippen LogP contribution in [0.3, 0.4) is 0 Å². The van der Waals surface area contributed by atoms with Crippen LogP contribution in [0, 0.1) is 0 Å². The van der Waals surface area contributed by atoms with Gasteiger partial charge in [-0.2, -0.15) is 0 Å². The molecule has 0 aliphatic rings. The Morgan fingerprint density at radius 3 is 2.73 bits per heavy atom. The first-order valence-electron chi connectivity index (χ1n) is 3.80. The van der Waals surface area contributed by atoms with Gasteiger partial charge < -0.3 is 11.1 Å². The largest absolute Gasteiger partial charge is 0.330 e. The second-order valence-electron chi connectivity index (χ2n) is 2.21. The van der Waals surface area contributed by atoms with Crippen LogP contribution >= 0.6 is 11.8 Å². The van der Waals surface area contributed by atoms with Crippen molar-refractivity contribution in [3.63, 3.8) is 0 Å². The Bertz CT molecular complexity index is 115. The number of carbonyl (C=O) groups is 1. The maximum Gasteiger partial charge on any atom is 0.205 e. The van der Waals surface area contributed by atoms with Crippen LogP contribution in [0.2, 0.25) is 0 Å². The van der Waals surface area contributed by atoms with Crippen LogP contribution in [-0.4, -0.2) is 30.5 Å². The lowest BCUT2D eigenvalue weighted by Crippen LogP contribution is -2.31. The summed E-state index contributed by atoms with van der Waals surface area (Å²) < 4.78 is 0. The zero-order valence-corrected chi connectivity index (χ0v) is 7.91. The quantitative estimate of drug-likeness (QED) is 0.628. The third kappa shape index (κ3) is 4.40. The number of hydrogen-bond acceptors (Lipinski definition) is 4. The van der Waals surface area contributed by atoms with Crippen LogP contribution in [-0.2, 0) is 4.79 Å². The van der Waals surface area contributed by atoms with Gasteiger partial charge in [-0.05, 0) is 13.5 Å². The zero-order valence-electron chi connectivity index (χ0n) is 7.09. The lowest BCUT2D eigenvalue weighted by atomic mass is 10.2. The molecule has 11 heavy (non-hydrogen) atoms. The molecular formula is C7H16N2OS. The van der Waals surface area contributed by atoms with Crippen molar-refractivity contribution in [1.29, 1.82) is 0 Å². The molecule has 0 aromatic heterocycles. The van der Waals surface area contributed by atoms with Gasteiger partial charge in [-0.15, -0.1) is 0 Å². The molecule has 0 saturated heterocycles. The van der Waals surface area contributed by atoms with Gasteiger partial charge in [0.1, 0.15) is 0 Å². The van der Waals surface area contributed by atoms with Gasteiger partial charge in [-0.1, -0.05) is 18.7 Å². The summed E-state index contributed by atoms with van der Waals surface area (Å²) in [7, 11) is 1.80. The van der Waals surface area contributed by atoms with Crippen molar-refractivity contribution in [2.24, 2.45) is 5.73 Å². The Morgan fingerprint density at radius 2 is 2.36 bits per heavy atom. The molecule has 0 radical (unpaired) electrons. The molecule has 0 aliphatic carbocycles. The summed E-state index contributed by atoms with van der Waals surface area (Å²) in [6, 6.07) is -0.00782. The predicted molar refractivity (Wildman–Crippen MR) is 49.7 cm³/mol. The number of carbonyl (C=O) groups excluding carboxylic acids is 1. The summed E-state index contributed by atoms with van der Waals surface area (Å²) in [4.78, 5) is 11.2. The monoisotopic (exact) mass is 176 g/mol. The molecule has 0 spiro atoms. The first kappa shape index (κ1) is 10.9. The maximum absolute atomic E-state index is 11.2. The average Bonchev–Trinajstić information content (AvgIpc) is 2.03. The van der Waals surface area contributed by atoms with Crippen molar-refractivity contribution < 1.29 is 4.79 Å². The van der Waals surface area contributed by atoms with Gasteiger partial charge in [0.05, 0.1) is 6.04 Å². The molecule has 0 saturated carbocycles. The van der Waals surface area contributed by atoms with Crippen molar-refractivity contribution in [1.82, 2.24) is 5.32 Å². The first-order valence-corrected chi connectivity index (χ1v) is 4.78. The molecule has 0 rings (SSSR count). The molecule has 0 aromatic carbocycles. The SMILES string of the molecule is CCC(NC)C(=O)SCCN. The highest BCUT2D eigenvalue weighted by atomic mass is 32.2. The number of nitrogens with one attached hydrogen (secondary N) is 1. The van der Waals surface area contributed by atoms with E-state index in [4.69, 9.17) is 5.73 Å². The van der Waals surface area contributed by atoms with E-state index in [0.717, 1.165) is 12.2 Å². The fraction of sp³-hybridized carbons (Fsp3) is 0.857. The molecule has 0 bridgehead atoms. The summed E-state index contributed by atoms with van der Waals surface area (Å²) in [5.41, 5.74) is 5.27. The van der Waals surface area contributed by atoms with Gasteiger partial charge >= 0.3 is 0 Å². The van der Waals surface area contributed by atoms with E-state index in [-0.39, 0.29) is 11.2 Å². The van der Waals surface area contributed by atoms with E-state index in [1.807, 2.05) is 6.92 Å². The number of rotatable bonds is 5. The zero-order chi connectivity index (χ0) is 8.69. The van der Waals surface area contributed by atoms with E-state index in [0.29, 0.717) is 6.54 Å². The number of thioether (sulfide) groups is 1. The Labute approximate surface area is 72.1 Å². The second-order valence-corrected chi connectivity index (χ2v) is 3.30. The molecule has 0 aromatic rings. The van der Waals surface area contributed by atoms with Crippen molar-refractivity contribution in [2.75, 3.05) is 19.3 Å². The van der Waals surface area contributed by atoms with Crippen LogP contribution in [0.1, 0.15) is 13.3 Å².